The van der Waals surface area contributed by atoms with Crippen LogP contribution in [0.4, 0.5) is 0 Å². The Bertz CT molecular complexity index is 761. The fraction of sp³-hybridized carbons (Fsp3) is 0.412. The first kappa shape index (κ1) is 15.6. The van der Waals surface area contributed by atoms with Gasteiger partial charge in [0.1, 0.15) is 16.9 Å². The van der Waals surface area contributed by atoms with Gasteiger partial charge in [0.15, 0.2) is 0 Å². The summed E-state index contributed by atoms with van der Waals surface area (Å²) in [6, 6.07) is 6.86. The fourth-order valence-corrected chi connectivity index (χ4v) is 2.49. The quantitative estimate of drug-likeness (QED) is 0.807. The van der Waals surface area contributed by atoms with E-state index in [1.54, 1.807) is 29.2 Å². The zero-order chi connectivity index (χ0) is 16.2. The minimum atomic E-state index is -0.623. The number of ether oxygens (including phenoxy) is 2. The highest BCUT2D eigenvalue weighted by atomic mass is 16.5. The van der Waals surface area contributed by atoms with Gasteiger partial charge in [-0.1, -0.05) is 6.92 Å². The smallest absolute Gasteiger partial charge is 0.349 e. The molecule has 1 aromatic carbocycles. The minimum absolute atomic E-state index is 0.0571. The molecule has 1 amide bonds. The molecule has 1 saturated heterocycles. The maximum Gasteiger partial charge on any atom is 0.349 e. The summed E-state index contributed by atoms with van der Waals surface area (Å²) in [6.07, 6.45) is 0.898. The molecule has 0 atom stereocenters. The lowest BCUT2D eigenvalue weighted by Crippen LogP contribution is -2.42. The zero-order valence-electron chi connectivity index (χ0n) is 13.0. The van der Waals surface area contributed by atoms with Crippen LogP contribution in [0.15, 0.2) is 33.5 Å². The number of fused-ring (bicyclic) bond motifs is 1. The number of hydrogen-bond donors (Lipinski definition) is 0. The van der Waals surface area contributed by atoms with Crippen LogP contribution in [0, 0.1) is 0 Å². The van der Waals surface area contributed by atoms with Gasteiger partial charge in [0.05, 0.1) is 19.8 Å². The van der Waals surface area contributed by atoms with Crippen molar-refractivity contribution in [3.63, 3.8) is 0 Å². The molecule has 0 bridgehead atoms. The Morgan fingerprint density at radius 1 is 1.26 bits per heavy atom. The largest absolute Gasteiger partial charge is 0.493 e. The number of carbonyl (C=O) groups is 1. The van der Waals surface area contributed by atoms with Crippen molar-refractivity contribution in [3.05, 3.63) is 40.2 Å². The predicted octanol–water partition coefficient (Wildman–Crippen LogP) is 2.05. The average molecular weight is 317 g/mol. The summed E-state index contributed by atoms with van der Waals surface area (Å²) in [4.78, 5) is 26.2. The second-order valence-electron chi connectivity index (χ2n) is 5.40. The SMILES string of the molecule is CCCOc1ccc2cc(C(=O)N3CCOCC3)c(=O)oc2c1. The van der Waals surface area contributed by atoms with Crippen molar-refractivity contribution in [1.82, 2.24) is 4.90 Å². The Kier molecular flexibility index (Phi) is 4.62. The van der Waals surface area contributed by atoms with Gasteiger partial charge in [-0.05, 0) is 24.6 Å². The first-order valence-electron chi connectivity index (χ1n) is 7.77. The molecule has 0 unspecified atom stereocenters. The number of nitrogens with zero attached hydrogens (tertiary/aromatic N) is 1. The van der Waals surface area contributed by atoms with Gasteiger partial charge in [0, 0.05) is 24.5 Å². The summed E-state index contributed by atoms with van der Waals surface area (Å²) >= 11 is 0. The van der Waals surface area contributed by atoms with Crippen LogP contribution in [0.2, 0.25) is 0 Å². The Hall–Kier alpha value is -2.34. The minimum Gasteiger partial charge on any atom is -0.493 e. The number of benzene rings is 1. The Labute approximate surface area is 133 Å². The molecule has 3 rings (SSSR count). The van der Waals surface area contributed by atoms with Gasteiger partial charge in [-0.2, -0.15) is 0 Å². The van der Waals surface area contributed by atoms with Crippen molar-refractivity contribution >= 4 is 16.9 Å². The number of morpholine rings is 1. The van der Waals surface area contributed by atoms with E-state index in [9.17, 15) is 9.59 Å². The molecule has 1 aromatic heterocycles. The lowest BCUT2D eigenvalue weighted by atomic mass is 10.1. The topological polar surface area (TPSA) is 69.0 Å². The standard InChI is InChI=1S/C17H19NO5/c1-2-7-22-13-4-3-12-10-14(17(20)23-15(12)11-13)16(19)18-5-8-21-9-6-18/h3-4,10-11H,2,5-9H2,1H3. The normalized spacial score (nSPS) is 14.9. The number of hydrogen-bond acceptors (Lipinski definition) is 5. The number of rotatable bonds is 4. The van der Waals surface area contributed by atoms with Crippen molar-refractivity contribution in [1.29, 1.82) is 0 Å². The molecule has 1 aliphatic heterocycles. The summed E-state index contributed by atoms with van der Waals surface area (Å²) in [5, 5.41) is 0.699. The fourth-order valence-electron chi connectivity index (χ4n) is 2.49. The van der Waals surface area contributed by atoms with Crippen LogP contribution >= 0.6 is 0 Å². The number of carbonyl (C=O) groups excluding carboxylic acids is 1. The van der Waals surface area contributed by atoms with E-state index in [1.165, 1.54) is 0 Å². The van der Waals surface area contributed by atoms with Gasteiger partial charge >= 0.3 is 5.63 Å². The predicted molar refractivity (Wildman–Crippen MR) is 85.0 cm³/mol. The van der Waals surface area contributed by atoms with E-state index >= 15 is 0 Å². The van der Waals surface area contributed by atoms with Crippen LogP contribution in [-0.4, -0.2) is 43.7 Å². The third-order valence-corrected chi connectivity index (χ3v) is 3.71. The van der Waals surface area contributed by atoms with E-state index in [-0.39, 0.29) is 11.5 Å². The van der Waals surface area contributed by atoms with Crippen molar-refractivity contribution in [2.75, 3.05) is 32.9 Å². The monoisotopic (exact) mass is 317 g/mol. The maximum absolute atomic E-state index is 12.5. The summed E-state index contributed by atoms with van der Waals surface area (Å²) in [6.45, 7) is 4.57. The van der Waals surface area contributed by atoms with Crippen molar-refractivity contribution < 1.29 is 18.7 Å². The van der Waals surface area contributed by atoms with E-state index in [0.29, 0.717) is 49.6 Å². The highest BCUT2D eigenvalue weighted by Crippen LogP contribution is 2.21. The highest BCUT2D eigenvalue weighted by Gasteiger charge is 2.22. The van der Waals surface area contributed by atoms with Crippen molar-refractivity contribution in [2.45, 2.75) is 13.3 Å². The third-order valence-electron chi connectivity index (χ3n) is 3.71. The molecule has 0 spiro atoms. The van der Waals surface area contributed by atoms with E-state index < -0.39 is 5.63 Å². The van der Waals surface area contributed by atoms with Gasteiger partial charge < -0.3 is 18.8 Å². The van der Waals surface area contributed by atoms with E-state index in [4.69, 9.17) is 13.9 Å². The number of amides is 1. The second kappa shape index (κ2) is 6.83. The molecule has 0 N–H and O–H groups in total. The first-order chi connectivity index (χ1) is 11.2. The van der Waals surface area contributed by atoms with Crippen LogP contribution < -0.4 is 10.4 Å². The molecule has 2 heterocycles. The van der Waals surface area contributed by atoms with Crippen LogP contribution in [0.3, 0.4) is 0 Å². The summed E-state index contributed by atoms with van der Waals surface area (Å²) in [5.74, 6) is 0.338. The molecule has 0 saturated carbocycles. The van der Waals surface area contributed by atoms with Gasteiger partial charge in [-0.3, -0.25) is 4.79 Å². The van der Waals surface area contributed by atoms with Gasteiger partial charge in [-0.25, -0.2) is 4.79 Å². The molecule has 0 radical (unpaired) electrons. The maximum atomic E-state index is 12.5. The van der Waals surface area contributed by atoms with E-state index in [0.717, 1.165) is 6.42 Å². The first-order valence-corrected chi connectivity index (χ1v) is 7.77. The Morgan fingerprint density at radius 3 is 2.78 bits per heavy atom. The van der Waals surface area contributed by atoms with Crippen LogP contribution in [-0.2, 0) is 4.74 Å². The van der Waals surface area contributed by atoms with Crippen molar-refractivity contribution in [2.24, 2.45) is 0 Å². The van der Waals surface area contributed by atoms with Gasteiger partial charge in [0.25, 0.3) is 5.91 Å². The summed E-state index contributed by atoms with van der Waals surface area (Å²) in [7, 11) is 0. The molecule has 0 aliphatic carbocycles. The highest BCUT2D eigenvalue weighted by molar-refractivity contribution is 5.96. The molecule has 2 aromatic rings. The molecule has 6 heteroatoms. The molecule has 6 nitrogen and oxygen atoms in total. The molecular formula is C17H19NO5. The van der Waals surface area contributed by atoms with Crippen molar-refractivity contribution in [3.8, 4) is 5.75 Å². The van der Waals surface area contributed by atoms with Crippen LogP contribution in [0.1, 0.15) is 23.7 Å². The average Bonchev–Trinajstić information content (AvgIpc) is 2.59. The Balaban J connectivity index is 1.91. The Morgan fingerprint density at radius 2 is 2.04 bits per heavy atom. The van der Waals surface area contributed by atoms with E-state index in [1.807, 2.05) is 6.92 Å². The third kappa shape index (κ3) is 3.37. The second-order valence-corrected chi connectivity index (χ2v) is 5.40. The molecule has 1 aliphatic rings. The molecule has 1 fully saturated rings. The zero-order valence-corrected chi connectivity index (χ0v) is 13.0. The van der Waals surface area contributed by atoms with Crippen LogP contribution in [0.5, 0.6) is 5.75 Å². The molecule has 122 valence electrons. The van der Waals surface area contributed by atoms with Gasteiger partial charge in [-0.15, -0.1) is 0 Å². The molecule has 23 heavy (non-hydrogen) atoms. The summed E-state index contributed by atoms with van der Waals surface area (Å²) < 4.78 is 16.1. The lowest BCUT2D eigenvalue weighted by molar-refractivity contribution is 0.0300. The van der Waals surface area contributed by atoms with Crippen LogP contribution in [0.25, 0.3) is 11.0 Å². The lowest BCUT2D eigenvalue weighted by Gasteiger charge is -2.26. The molecular weight excluding hydrogens is 298 g/mol. The summed E-state index contributed by atoms with van der Waals surface area (Å²) in [5.41, 5.74) is -0.148. The van der Waals surface area contributed by atoms with E-state index in [2.05, 4.69) is 0 Å². The van der Waals surface area contributed by atoms with Gasteiger partial charge in [0.2, 0.25) is 0 Å².